The normalized spacial score (nSPS) is 19.6. The number of nitrogens with zero attached hydrogens (tertiary/aromatic N) is 3. The Bertz CT molecular complexity index is 678. The fourth-order valence-electron chi connectivity index (χ4n) is 4.66. The van der Waals surface area contributed by atoms with E-state index in [1.807, 2.05) is 21.9 Å². The van der Waals surface area contributed by atoms with Crippen molar-refractivity contribution in [1.82, 2.24) is 14.7 Å². The molecule has 0 bridgehead atoms. The van der Waals surface area contributed by atoms with Gasteiger partial charge in [0.15, 0.2) is 0 Å². The molecule has 0 radical (unpaired) electrons. The number of carbonyl (C=O) groups is 2. The van der Waals surface area contributed by atoms with E-state index in [-0.39, 0.29) is 17.9 Å². The highest BCUT2D eigenvalue weighted by Gasteiger charge is 2.38. The number of halogens is 1. The summed E-state index contributed by atoms with van der Waals surface area (Å²) in [5, 5.41) is 0.579. The molecule has 1 aliphatic carbocycles. The molecule has 1 aromatic rings. The molecule has 1 aliphatic heterocycles. The highest BCUT2D eigenvalue weighted by molar-refractivity contribution is 6.30. The molecule has 0 aromatic heterocycles. The summed E-state index contributed by atoms with van der Waals surface area (Å²) in [5.41, 5.74) is 0.632. The molecule has 5 nitrogen and oxygen atoms in total. The fraction of sp³-hybridized carbons (Fsp3) is 0.636. The molecule has 1 atom stereocenters. The Kier molecular flexibility index (Phi) is 7.36. The molecule has 1 saturated carbocycles. The summed E-state index contributed by atoms with van der Waals surface area (Å²) in [6, 6.07) is 7.09. The third-order valence-corrected chi connectivity index (χ3v) is 6.48. The summed E-state index contributed by atoms with van der Waals surface area (Å²) in [5.74, 6) is 0.740. The van der Waals surface area contributed by atoms with Gasteiger partial charge in [-0.2, -0.15) is 0 Å². The van der Waals surface area contributed by atoms with Crippen molar-refractivity contribution >= 4 is 23.4 Å². The van der Waals surface area contributed by atoms with Crippen molar-refractivity contribution in [2.75, 3.05) is 39.3 Å². The highest BCUT2D eigenvalue weighted by atomic mass is 35.5. The van der Waals surface area contributed by atoms with E-state index >= 15 is 0 Å². The molecule has 1 saturated heterocycles. The van der Waals surface area contributed by atoms with Crippen LogP contribution in [-0.2, 0) is 4.79 Å². The van der Waals surface area contributed by atoms with Crippen LogP contribution in [0.4, 0.5) is 0 Å². The quantitative estimate of drug-likeness (QED) is 0.727. The van der Waals surface area contributed by atoms with E-state index in [2.05, 4.69) is 18.7 Å². The van der Waals surface area contributed by atoms with E-state index in [1.165, 1.54) is 12.8 Å². The number of hydrogen-bond donors (Lipinski definition) is 0. The molecule has 1 heterocycles. The van der Waals surface area contributed by atoms with E-state index in [9.17, 15) is 9.59 Å². The molecule has 0 unspecified atom stereocenters. The summed E-state index contributed by atoms with van der Waals surface area (Å²) >= 11 is 6.04. The molecule has 3 rings (SSSR count). The van der Waals surface area contributed by atoms with Gasteiger partial charge < -0.3 is 9.80 Å². The Morgan fingerprint density at radius 2 is 1.75 bits per heavy atom. The molecule has 154 valence electrons. The van der Waals surface area contributed by atoms with Crippen molar-refractivity contribution in [3.05, 3.63) is 34.9 Å². The van der Waals surface area contributed by atoms with Crippen LogP contribution in [0.2, 0.25) is 5.02 Å². The Morgan fingerprint density at radius 1 is 1.11 bits per heavy atom. The monoisotopic (exact) mass is 405 g/mol. The van der Waals surface area contributed by atoms with Gasteiger partial charge in [0.1, 0.15) is 0 Å². The molecular weight excluding hydrogens is 374 g/mol. The minimum Gasteiger partial charge on any atom is -0.342 e. The standard InChI is InChI=1S/C22H32ClN3O2/c1-3-24(4-2)22(28)20(17-8-5-6-9-17)25-12-14-26(15-13-25)21(27)18-10-7-11-19(23)16-18/h7,10-11,16-17,20H,3-6,8-9,12-15H2,1-2H3/t20-/m1/s1. The molecule has 2 aliphatic rings. The van der Waals surface area contributed by atoms with E-state index < -0.39 is 0 Å². The van der Waals surface area contributed by atoms with Crippen LogP contribution in [0.25, 0.3) is 0 Å². The molecule has 1 aromatic carbocycles. The van der Waals surface area contributed by atoms with Crippen LogP contribution in [0.15, 0.2) is 24.3 Å². The molecular formula is C22H32ClN3O2. The van der Waals surface area contributed by atoms with Gasteiger partial charge in [0.05, 0.1) is 6.04 Å². The van der Waals surface area contributed by atoms with Crippen molar-refractivity contribution in [2.45, 2.75) is 45.6 Å². The summed E-state index contributed by atoms with van der Waals surface area (Å²) in [6.45, 7) is 8.42. The van der Waals surface area contributed by atoms with Crippen molar-refractivity contribution in [1.29, 1.82) is 0 Å². The Morgan fingerprint density at radius 3 is 2.32 bits per heavy atom. The van der Waals surface area contributed by atoms with Gasteiger partial charge in [-0.3, -0.25) is 14.5 Å². The number of rotatable bonds is 6. The van der Waals surface area contributed by atoms with Crippen LogP contribution in [0.1, 0.15) is 49.9 Å². The first-order chi connectivity index (χ1) is 13.5. The number of piperazine rings is 1. The van der Waals surface area contributed by atoms with Crippen molar-refractivity contribution < 1.29 is 9.59 Å². The fourth-order valence-corrected chi connectivity index (χ4v) is 4.85. The number of amides is 2. The minimum absolute atomic E-state index is 0.0228. The SMILES string of the molecule is CCN(CC)C(=O)[C@@H](C1CCCC1)N1CCN(C(=O)c2cccc(Cl)c2)CC1. The van der Waals surface area contributed by atoms with Crippen molar-refractivity contribution in [3.63, 3.8) is 0 Å². The van der Waals surface area contributed by atoms with Crippen LogP contribution < -0.4 is 0 Å². The average Bonchev–Trinajstić information content (AvgIpc) is 3.23. The lowest BCUT2D eigenvalue weighted by molar-refractivity contribution is -0.139. The Balaban J connectivity index is 1.67. The van der Waals surface area contributed by atoms with Gasteiger partial charge in [-0.15, -0.1) is 0 Å². The lowest BCUT2D eigenvalue weighted by Gasteiger charge is -2.42. The Hall–Kier alpha value is -1.59. The van der Waals surface area contributed by atoms with E-state index in [0.29, 0.717) is 29.6 Å². The highest BCUT2D eigenvalue weighted by Crippen LogP contribution is 2.32. The van der Waals surface area contributed by atoms with Crippen LogP contribution in [0.3, 0.4) is 0 Å². The van der Waals surface area contributed by atoms with E-state index in [0.717, 1.165) is 39.0 Å². The summed E-state index contributed by atoms with van der Waals surface area (Å²) in [4.78, 5) is 32.2. The number of hydrogen-bond acceptors (Lipinski definition) is 3. The summed E-state index contributed by atoms with van der Waals surface area (Å²) in [7, 11) is 0. The minimum atomic E-state index is -0.0363. The topological polar surface area (TPSA) is 43.9 Å². The van der Waals surface area contributed by atoms with Crippen molar-refractivity contribution in [3.8, 4) is 0 Å². The number of likely N-dealkylation sites (N-methyl/N-ethyl adjacent to an activating group) is 1. The van der Waals surface area contributed by atoms with Crippen LogP contribution in [0, 0.1) is 5.92 Å². The Labute approximate surface area is 173 Å². The van der Waals surface area contributed by atoms with E-state index in [1.54, 1.807) is 12.1 Å². The molecule has 28 heavy (non-hydrogen) atoms. The maximum Gasteiger partial charge on any atom is 0.253 e. The van der Waals surface area contributed by atoms with Gasteiger partial charge in [-0.25, -0.2) is 0 Å². The second kappa shape index (κ2) is 9.75. The lowest BCUT2D eigenvalue weighted by Crippen LogP contribution is -2.58. The predicted octanol–water partition coefficient (Wildman–Crippen LogP) is 3.53. The molecule has 0 N–H and O–H groups in total. The second-order valence-corrected chi connectivity index (χ2v) is 8.27. The third-order valence-electron chi connectivity index (χ3n) is 6.24. The van der Waals surface area contributed by atoms with Gasteiger partial charge in [0.25, 0.3) is 5.91 Å². The first-order valence-electron chi connectivity index (χ1n) is 10.6. The maximum atomic E-state index is 13.3. The van der Waals surface area contributed by atoms with Crippen LogP contribution in [-0.4, -0.2) is 71.8 Å². The smallest absolute Gasteiger partial charge is 0.253 e. The van der Waals surface area contributed by atoms with Gasteiger partial charge in [0, 0.05) is 49.9 Å². The second-order valence-electron chi connectivity index (χ2n) is 7.84. The van der Waals surface area contributed by atoms with Gasteiger partial charge in [-0.1, -0.05) is 30.5 Å². The van der Waals surface area contributed by atoms with E-state index in [4.69, 9.17) is 11.6 Å². The average molecular weight is 406 g/mol. The first kappa shape index (κ1) is 21.1. The number of carbonyl (C=O) groups excluding carboxylic acids is 2. The zero-order chi connectivity index (χ0) is 20.1. The molecule has 2 amide bonds. The van der Waals surface area contributed by atoms with Gasteiger partial charge in [-0.05, 0) is 50.8 Å². The number of benzene rings is 1. The summed E-state index contributed by atoms with van der Waals surface area (Å²) < 4.78 is 0. The zero-order valence-corrected chi connectivity index (χ0v) is 17.8. The van der Waals surface area contributed by atoms with Crippen LogP contribution >= 0.6 is 11.6 Å². The van der Waals surface area contributed by atoms with Gasteiger partial charge >= 0.3 is 0 Å². The van der Waals surface area contributed by atoms with Crippen LogP contribution in [0.5, 0.6) is 0 Å². The van der Waals surface area contributed by atoms with Crippen molar-refractivity contribution in [2.24, 2.45) is 5.92 Å². The third kappa shape index (κ3) is 4.69. The zero-order valence-electron chi connectivity index (χ0n) is 17.1. The maximum absolute atomic E-state index is 13.3. The largest absolute Gasteiger partial charge is 0.342 e. The summed E-state index contributed by atoms with van der Waals surface area (Å²) in [6.07, 6.45) is 4.72. The molecule has 0 spiro atoms. The molecule has 6 heteroatoms. The molecule has 2 fully saturated rings. The first-order valence-corrected chi connectivity index (χ1v) is 11.0. The van der Waals surface area contributed by atoms with Gasteiger partial charge in [0.2, 0.25) is 5.91 Å². The predicted molar refractivity (Wildman–Crippen MR) is 113 cm³/mol. The lowest BCUT2D eigenvalue weighted by atomic mass is 9.94.